The van der Waals surface area contributed by atoms with E-state index < -0.39 is 11.2 Å². The van der Waals surface area contributed by atoms with Crippen molar-refractivity contribution < 1.29 is 4.79 Å². The number of rotatable bonds is 4. The lowest BCUT2D eigenvalue weighted by atomic mass is 10.1. The van der Waals surface area contributed by atoms with Crippen molar-refractivity contribution in [3.8, 4) is 0 Å². The molecule has 1 aromatic heterocycles. The maximum Gasteiger partial charge on any atom is 0.329 e. The molecule has 22 heavy (non-hydrogen) atoms. The lowest BCUT2D eigenvalue weighted by Crippen LogP contribution is -2.35. The molecule has 0 aliphatic heterocycles. The van der Waals surface area contributed by atoms with Gasteiger partial charge in [0.25, 0.3) is 5.56 Å². The number of amides is 1. The number of nitrogens with zero attached hydrogens (tertiary/aromatic N) is 1. The number of hydrogen-bond acceptors (Lipinski definition) is 3. The molecule has 0 aliphatic rings. The summed E-state index contributed by atoms with van der Waals surface area (Å²) in [4.78, 5) is 37.5. The quantitative estimate of drug-likeness (QED) is 0.839. The second-order valence-electron chi connectivity index (χ2n) is 5.02. The molecule has 6 nitrogen and oxygen atoms in total. The third kappa shape index (κ3) is 3.65. The van der Waals surface area contributed by atoms with Gasteiger partial charge in [0.1, 0.15) is 10.8 Å². The fourth-order valence-corrected chi connectivity index (χ4v) is 2.13. The monoisotopic (exact) mass is 321 g/mol. The molecule has 1 amide bonds. The number of aromatic nitrogens is 2. The van der Waals surface area contributed by atoms with Crippen LogP contribution >= 0.6 is 11.6 Å². The second-order valence-corrected chi connectivity index (χ2v) is 5.40. The van der Waals surface area contributed by atoms with Crippen molar-refractivity contribution in [2.45, 2.75) is 19.8 Å². The normalized spacial score (nSPS) is 10.5. The van der Waals surface area contributed by atoms with Gasteiger partial charge in [0.2, 0.25) is 5.91 Å². The number of aryl methyl sites for hydroxylation is 2. The summed E-state index contributed by atoms with van der Waals surface area (Å²) in [7, 11) is 1.31. The number of hydrogen-bond donors (Lipinski definition) is 2. The second kappa shape index (κ2) is 6.62. The Morgan fingerprint density at radius 2 is 1.91 bits per heavy atom. The van der Waals surface area contributed by atoms with E-state index in [0.29, 0.717) is 6.42 Å². The van der Waals surface area contributed by atoms with E-state index in [1.54, 1.807) is 0 Å². The first-order valence-corrected chi connectivity index (χ1v) is 7.10. The largest absolute Gasteiger partial charge is 0.329 e. The molecule has 2 rings (SSSR count). The van der Waals surface area contributed by atoms with E-state index in [-0.39, 0.29) is 23.2 Å². The maximum atomic E-state index is 11.9. The van der Waals surface area contributed by atoms with Crippen LogP contribution in [0.2, 0.25) is 5.15 Å². The Kier molecular flexibility index (Phi) is 4.82. The molecule has 0 unspecified atom stereocenters. The maximum absolute atomic E-state index is 11.9. The van der Waals surface area contributed by atoms with Crippen molar-refractivity contribution in [1.29, 1.82) is 0 Å². The molecule has 0 aliphatic carbocycles. The number of halogens is 1. The van der Waals surface area contributed by atoms with Gasteiger partial charge in [-0.3, -0.25) is 19.1 Å². The number of benzene rings is 1. The van der Waals surface area contributed by atoms with E-state index in [1.165, 1.54) is 7.05 Å². The standard InChI is InChI=1S/C15H16ClN3O3/c1-9-3-5-10(6-4-9)7-8-11(20)17-12-13(16)18-15(22)19(2)14(12)21/h3-6H,7-8H2,1-2H3,(H,17,20)(H,18,22). The highest BCUT2D eigenvalue weighted by molar-refractivity contribution is 6.32. The van der Waals surface area contributed by atoms with Crippen LogP contribution in [0.5, 0.6) is 0 Å². The number of nitrogens with one attached hydrogen (secondary N) is 2. The summed E-state index contributed by atoms with van der Waals surface area (Å²) < 4.78 is 0.849. The van der Waals surface area contributed by atoms with E-state index in [9.17, 15) is 14.4 Å². The first-order chi connectivity index (χ1) is 10.4. The Morgan fingerprint density at radius 1 is 1.27 bits per heavy atom. The fraction of sp³-hybridized carbons (Fsp3) is 0.267. The van der Waals surface area contributed by atoms with Crippen LogP contribution in [0.4, 0.5) is 5.69 Å². The summed E-state index contributed by atoms with van der Waals surface area (Å²) in [5, 5.41) is 2.28. The van der Waals surface area contributed by atoms with Gasteiger partial charge >= 0.3 is 5.69 Å². The minimum absolute atomic E-state index is 0.113. The fourth-order valence-electron chi connectivity index (χ4n) is 1.92. The number of carbonyl (C=O) groups is 1. The molecule has 2 N–H and O–H groups in total. The molecular formula is C15H16ClN3O3. The van der Waals surface area contributed by atoms with Gasteiger partial charge in [0, 0.05) is 13.5 Å². The third-order valence-electron chi connectivity index (χ3n) is 3.29. The molecule has 0 radical (unpaired) electrons. The topological polar surface area (TPSA) is 84.0 Å². The molecular weight excluding hydrogens is 306 g/mol. The first kappa shape index (κ1) is 16.0. The van der Waals surface area contributed by atoms with Crippen molar-refractivity contribution in [2.24, 2.45) is 7.05 Å². The molecule has 0 saturated heterocycles. The molecule has 0 spiro atoms. The van der Waals surface area contributed by atoms with Gasteiger partial charge in [0.15, 0.2) is 0 Å². The Balaban J connectivity index is 2.07. The summed E-state index contributed by atoms with van der Waals surface area (Å²) in [5.41, 5.74) is 0.792. The number of anilines is 1. The molecule has 1 aromatic carbocycles. The summed E-state index contributed by atoms with van der Waals surface area (Å²) in [6, 6.07) is 7.85. The minimum atomic E-state index is -0.641. The van der Waals surface area contributed by atoms with Gasteiger partial charge in [0.05, 0.1) is 0 Å². The van der Waals surface area contributed by atoms with Crippen LogP contribution in [0.25, 0.3) is 0 Å². The average molecular weight is 322 g/mol. The lowest BCUT2D eigenvalue weighted by molar-refractivity contribution is -0.116. The predicted octanol–water partition coefficient (Wildman–Crippen LogP) is 1.61. The van der Waals surface area contributed by atoms with Gasteiger partial charge in [-0.1, -0.05) is 41.4 Å². The van der Waals surface area contributed by atoms with Gasteiger partial charge in [-0.05, 0) is 18.9 Å². The van der Waals surface area contributed by atoms with E-state index in [0.717, 1.165) is 15.7 Å². The van der Waals surface area contributed by atoms with E-state index in [2.05, 4.69) is 10.3 Å². The Bertz CT molecular complexity index is 806. The van der Waals surface area contributed by atoms with E-state index in [1.807, 2.05) is 31.2 Å². The van der Waals surface area contributed by atoms with Gasteiger partial charge in [-0.15, -0.1) is 0 Å². The molecule has 116 valence electrons. The first-order valence-electron chi connectivity index (χ1n) is 6.72. The molecule has 1 heterocycles. The summed E-state index contributed by atoms with van der Waals surface area (Å²) in [5.74, 6) is -0.341. The summed E-state index contributed by atoms with van der Waals surface area (Å²) in [6.45, 7) is 1.99. The molecule has 0 atom stereocenters. The van der Waals surface area contributed by atoms with Crippen molar-refractivity contribution in [3.63, 3.8) is 0 Å². The van der Waals surface area contributed by atoms with Crippen LogP contribution in [0.3, 0.4) is 0 Å². The highest BCUT2D eigenvalue weighted by Crippen LogP contribution is 2.12. The third-order valence-corrected chi connectivity index (χ3v) is 3.57. The zero-order chi connectivity index (χ0) is 16.3. The van der Waals surface area contributed by atoms with Crippen LogP contribution in [0.15, 0.2) is 33.9 Å². The van der Waals surface area contributed by atoms with E-state index >= 15 is 0 Å². The Morgan fingerprint density at radius 3 is 2.55 bits per heavy atom. The van der Waals surface area contributed by atoms with Crippen molar-refractivity contribution >= 4 is 23.2 Å². The Hall–Kier alpha value is -2.34. The molecule has 0 bridgehead atoms. The number of aromatic amines is 1. The van der Waals surface area contributed by atoms with Crippen LogP contribution in [0, 0.1) is 6.92 Å². The van der Waals surface area contributed by atoms with Crippen LogP contribution in [-0.2, 0) is 18.3 Å². The molecule has 2 aromatic rings. The molecule has 7 heteroatoms. The number of H-pyrrole nitrogens is 1. The number of carbonyl (C=O) groups excluding carboxylic acids is 1. The summed E-state index contributed by atoms with van der Waals surface area (Å²) >= 11 is 5.80. The highest BCUT2D eigenvalue weighted by atomic mass is 35.5. The molecule has 0 fully saturated rings. The predicted molar refractivity (Wildman–Crippen MR) is 85.4 cm³/mol. The van der Waals surface area contributed by atoms with Crippen molar-refractivity contribution in [2.75, 3.05) is 5.32 Å². The van der Waals surface area contributed by atoms with Gasteiger partial charge < -0.3 is 5.32 Å². The average Bonchev–Trinajstić information content (AvgIpc) is 2.49. The van der Waals surface area contributed by atoms with Crippen molar-refractivity contribution in [1.82, 2.24) is 9.55 Å². The minimum Gasteiger partial charge on any atom is -0.319 e. The smallest absolute Gasteiger partial charge is 0.319 e. The highest BCUT2D eigenvalue weighted by Gasteiger charge is 2.13. The zero-order valence-electron chi connectivity index (χ0n) is 12.3. The zero-order valence-corrected chi connectivity index (χ0v) is 13.0. The van der Waals surface area contributed by atoms with Crippen molar-refractivity contribution in [3.05, 3.63) is 61.4 Å². The van der Waals surface area contributed by atoms with Crippen LogP contribution in [-0.4, -0.2) is 15.5 Å². The van der Waals surface area contributed by atoms with Gasteiger partial charge in [-0.2, -0.15) is 0 Å². The Labute approximate surface area is 131 Å². The van der Waals surface area contributed by atoms with E-state index in [4.69, 9.17) is 11.6 Å². The van der Waals surface area contributed by atoms with Gasteiger partial charge in [-0.25, -0.2) is 4.79 Å². The van der Waals surface area contributed by atoms with Crippen LogP contribution in [0.1, 0.15) is 17.5 Å². The molecule has 0 saturated carbocycles. The SMILES string of the molecule is Cc1ccc(CCC(=O)Nc2c(Cl)[nH]c(=O)n(C)c2=O)cc1. The summed E-state index contributed by atoms with van der Waals surface area (Å²) in [6.07, 6.45) is 0.759. The lowest BCUT2D eigenvalue weighted by Gasteiger charge is -2.08. The van der Waals surface area contributed by atoms with Crippen LogP contribution < -0.4 is 16.6 Å².